The normalized spacial score (nSPS) is 18.5. The third-order valence-corrected chi connectivity index (χ3v) is 6.34. The highest BCUT2D eigenvalue weighted by Gasteiger charge is 2.40. The first-order valence-electron chi connectivity index (χ1n) is 10.5. The third-order valence-electron chi connectivity index (χ3n) is 6.34. The molecule has 0 N–H and O–H groups in total. The van der Waals surface area contributed by atoms with Crippen LogP contribution in [-0.2, 0) is 18.3 Å². The first kappa shape index (κ1) is 18.8. The van der Waals surface area contributed by atoms with Crippen molar-refractivity contribution in [2.45, 2.75) is 33.1 Å². The van der Waals surface area contributed by atoms with Gasteiger partial charge in [-0.3, -0.25) is 4.79 Å². The molecule has 1 aromatic carbocycles. The van der Waals surface area contributed by atoms with E-state index in [-0.39, 0.29) is 5.91 Å². The molecular formula is C23H27N6O+. The molecule has 0 fully saturated rings. The SMILES string of the molecule is C=[N+]1N=C(N2CCCc3cc(-c4cn(C)cn4)c(C)cc32)C2=C1CCN(C(C)=O)C2. The molecule has 0 radical (unpaired) electrons. The van der Waals surface area contributed by atoms with Crippen molar-refractivity contribution in [2.24, 2.45) is 12.1 Å². The van der Waals surface area contributed by atoms with E-state index in [1.807, 2.05) is 22.8 Å². The summed E-state index contributed by atoms with van der Waals surface area (Å²) >= 11 is 0. The Hall–Kier alpha value is -3.22. The second-order valence-corrected chi connectivity index (χ2v) is 8.41. The molecule has 1 aromatic heterocycles. The fourth-order valence-corrected chi connectivity index (χ4v) is 4.74. The molecule has 7 heteroatoms. The van der Waals surface area contributed by atoms with Gasteiger partial charge in [-0.25, -0.2) is 4.98 Å². The lowest BCUT2D eigenvalue weighted by Gasteiger charge is -2.33. The van der Waals surface area contributed by atoms with Gasteiger partial charge in [-0.05, 0) is 43.0 Å². The maximum atomic E-state index is 12.0. The van der Waals surface area contributed by atoms with Gasteiger partial charge in [-0.2, -0.15) is 0 Å². The van der Waals surface area contributed by atoms with E-state index in [1.165, 1.54) is 22.4 Å². The molecule has 0 saturated carbocycles. The molecule has 1 amide bonds. The number of benzene rings is 1. The van der Waals surface area contributed by atoms with Crippen LogP contribution in [0.15, 0.2) is 41.0 Å². The molecule has 3 aliphatic rings. The van der Waals surface area contributed by atoms with Crippen LogP contribution in [0.5, 0.6) is 0 Å². The van der Waals surface area contributed by atoms with Gasteiger partial charge in [0, 0.05) is 49.6 Å². The zero-order valence-electron chi connectivity index (χ0n) is 17.9. The van der Waals surface area contributed by atoms with Crippen molar-refractivity contribution in [1.29, 1.82) is 0 Å². The van der Waals surface area contributed by atoms with Crippen LogP contribution >= 0.6 is 0 Å². The minimum Gasteiger partial charge on any atom is -0.340 e. The molecular weight excluding hydrogens is 376 g/mol. The predicted molar refractivity (Wildman–Crippen MR) is 118 cm³/mol. The quantitative estimate of drug-likeness (QED) is 0.688. The molecule has 0 aliphatic carbocycles. The van der Waals surface area contributed by atoms with E-state index in [1.54, 1.807) is 11.6 Å². The van der Waals surface area contributed by atoms with Gasteiger partial charge in [0.25, 0.3) is 0 Å². The second kappa shape index (κ2) is 6.93. The zero-order chi connectivity index (χ0) is 21.0. The largest absolute Gasteiger partial charge is 0.340 e. The molecule has 0 spiro atoms. The molecule has 0 unspecified atom stereocenters. The second-order valence-electron chi connectivity index (χ2n) is 8.41. The van der Waals surface area contributed by atoms with Crippen LogP contribution in [0.4, 0.5) is 5.69 Å². The van der Waals surface area contributed by atoms with Gasteiger partial charge in [0.2, 0.25) is 17.4 Å². The highest BCUT2D eigenvalue weighted by Crippen LogP contribution is 2.37. The molecule has 0 bridgehead atoms. The van der Waals surface area contributed by atoms with E-state index in [4.69, 9.17) is 5.10 Å². The molecule has 2 aromatic rings. The fraction of sp³-hybridized carbons (Fsp3) is 0.391. The molecule has 30 heavy (non-hydrogen) atoms. The number of aromatic nitrogens is 2. The fourth-order valence-electron chi connectivity index (χ4n) is 4.74. The number of aryl methyl sites for hydroxylation is 3. The Morgan fingerprint density at radius 2 is 2.07 bits per heavy atom. The minimum absolute atomic E-state index is 0.110. The van der Waals surface area contributed by atoms with Gasteiger partial charge in [0.1, 0.15) is 0 Å². The van der Waals surface area contributed by atoms with Crippen LogP contribution < -0.4 is 4.90 Å². The number of amides is 1. The number of hydrazone groups is 1. The number of carbonyl (C=O) groups is 1. The van der Waals surface area contributed by atoms with Crippen molar-refractivity contribution in [3.63, 3.8) is 0 Å². The van der Waals surface area contributed by atoms with E-state index in [0.29, 0.717) is 6.54 Å². The molecule has 0 saturated heterocycles. The first-order valence-corrected chi connectivity index (χ1v) is 10.5. The summed E-state index contributed by atoms with van der Waals surface area (Å²) in [6.45, 7) is 10.1. The standard InChI is InChI=1S/C23H27N6O/c1-15-10-22-17(11-18(15)20-13-26(3)14-24-20)6-5-8-29(22)23-19-12-28(16(2)30)9-7-21(19)27(4)25-23/h10-11,13-14H,4-9,12H2,1-3H3/q+1. The summed E-state index contributed by atoms with van der Waals surface area (Å²) in [5, 5.41) is 4.80. The van der Waals surface area contributed by atoms with Crippen LogP contribution in [0.1, 0.15) is 30.9 Å². The topological polar surface area (TPSA) is 56.7 Å². The Labute approximate surface area is 176 Å². The van der Waals surface area contributed by atoms with Crippen LogP contribution in [-0.4, -0.2) is 57.2 Å². The average Bonchev–Trinajstić information content (AvgIpc) is 3.30. The Bertz CT molecular complexity index is 1140. The molecule has 4 heterocycles. The first-order chi connectivity index (χ1) is 14.4. The lowest BCUT2D eigenvalue weighted by atomic mass is 9.94. The smallest absolute Gasteiger partial charge is 0.224 e. The van der Waals surface area contributed by atoms with Gasteiger partial charge in [0.15, 0.2) is 6.72 Å². The van der Waals surface area contributed by atoms with Gasteiger partial charge in [-0.15, -0.1) is 0 Å². The summed E-state index contributed by atoms with van der Waals surface area (Å²) < 4.78 is 3.74. The van der Waals surface area contributed by atoms with Crippen LogP contribution in [0.2, 0.25) is 0 Å². The number of anilines is 1. The Morgan fingerprint density at radius 3 is 2.80 bits per heavy atom. The Morgan fingerprint density at radius 1 is 1.23 bits per heavy atom. The number of carbonyl (C=O) groups excluding carboxylic acids is 1. The number of nitrogens with zero attached hydrogens (tertiary/aromatic N) is 6. The summed E-state index contributed by atoms with van der Waals surface area (Å²) in [5.41, 5.74) is 8.18. The number of hydrogen-bond acceptors (Lipinski definition) is 4. The number of fused-ring (bicyclic) bond motifs is 1. The third kappa shape index (κ3) is 2.96. The zero-order valence-corrected chi connectivity index (χ0v) is 17.9. The number of rotatable bonds is 1. The van der Waals surface area contributed by atoms with E-state index >= 15 is 0 Å². The van der Waals surface area contributed by atoms with Gasteiger partial charge in [-0.1, -0.05) is 4.68 Å². The van der Waals surface area contributed by atoms with Gasteiger partial charge in [0.05, 0.1) is 30.6 Å². The number of imidazole rings is 1. The average molecular weight is 404 g/mol. The molecule has 5 rings (SSSR count). The highest BCUT2D eigenvalue weighted by atomic mass is 16.2. The molecule has 7 nitrogen and oxygen atoms in total. The van der Waals surface area contributed by atoms with Crippen molar-refractivity contribution >= 4 is 24.1 Å². The number of amidine groups is 1. The van der Waals surface area contributed by atoms with Crippen molar-refractivity contribution in [3.8, 4) is 11.3 Å². The molecule has 154 valence electrons. The maximum Gasteiger partial charge on any atom is 0.224 e. The Kier molecular flexibility index (Phi) is 4.34. The van der Waals surface area contributed by atoms with E-state index < -0.39 is 0 Å². The van der Waals surface area contributed by atoms with Crippen LogP contribution in [0, 0.1) is 6.92 Å². The van der Waals surface area contributed by atoms with E-state index in [2.05, 4.69) is 41.9 Å². The van der Waals surface area contributed by atoms with Crippen molar-refractivity contribution < 1.29 is 9.48 Å². The summed E-state index contributed by atoms with van der Waals surface area (Å²) in [6.07, 6.45) is 6.80. The highest BCUT2D eigenvalue weighted by molar-refractivity contribution is 6.11. The van der Waals surface area contributed by atoms with Crippen molar-refractivity contribution in [1.82, 2.24) is 14.5 Å². The molecule has 0 atom stereocenters. The van der Waals surface area contributed by atoms with Crippen molar-refractivity contribution in [3.05, 3.63) is 47.1 Å². The van der Waals surface area contributed by atoms with Crippen LogP contribution in [0.25, 0.3) is 11.3 Å². The lowest BCUT2D eigenvalue weighted by molar-refractivity contribution is -0.472. The lowest BCUT2D eigenvalue weighted by Crippen LogP contribution is -2.42. The summed E-state index contributed by atoms with van der Waals surface area (Å²) in [4.78, 5) is 20.7. The monoisotopic (exact) mass is 403 g/mol. The maximum absolute atomic E-state index is 12.0. The Balaban J connectivity index is 1.54. The van der Waals surface area contributed by atoms with Crippen molar-refractivity contribution in [2.75, 3.05) is 24.5 Å². The summed E-state index contributed by atoms with van der Waals surface area (Å²) in [5.74, 6) is 1.05. The molecule has 3 aliphatic heterocycles. The van der Waals surface area contributed by atoms with E-state index in [0.717, 1.165) is 55.2 Å². The summed E-state index contributed by atoms with van der Waals surface area (Å²) in [6, 6.07) is 4.55. The number of hydrogen-bond donors (Lipinski definition) is 0. The summed E-state index contributed by atoms with van der Waals surface area (Å²) in [7, 11) is 1.99. The van der Waals surface area contributed by atoms with E-state index in [9.17, 15) is 4.79 Å². The predicted octanol–water partition coefficient (Wildman–Crippen LogP) is 2.69. The van der Waals surface area contributed by atoms with Gasteiger partial charge >= 0.3 is 0 Å². The minimum atomic E-state index is 0.110. The van der Waals surface area contributed by atoms with Gasteiger partial charge < -0.3 is 14.4 Å². The van der Waals surface area contributed by atoms with Crippen LogP contribution in [0.3, 0.4) is 0 Å².